The molecule has 2 aliphatic rings. The lowest BCUT2D eigenvalue weighted by atomic mass is 10.1. The summed E-state index contributed by atoms with van der Waals surface area (Å²) in [7, 11) is -3.20. The van der Waals surface area contributed by atoms with Gasteiger partial charge in [0.2, 0.25) is 0 Å². The molecule has 1 aliphatic heterocycles. The van der Waals surface area contributed by atoms with Crippen molar-refractivity contribution in [1.29, 1.82) is 0 Å². The number of nitrogens with one attached hydrogen (secondary N) is 2. The van der Waals surface area contributed by atoms with Crippen molar-refractivity contribution in [2.24, 2.45) is 10.9 Å². The fourth-order valence-electron chi connectivity index (χ4n) is 3.71. The fraction of sp³-hybridized carbons (Fsp3) is 0.650. The van der Waals surface area contributed by atoms with Crippen LogP contribution in [0.15, 0.2) is 23.2 Å². The van der Waals surface area contributed by atoms with Crippen LogP contribution in [-0.2, 0) is 22.1 Å². The van der Waals surface area contributed by atoms with Gasteiger partial charge in [-0.05, 0) is 61.9 Å². The highest BCUT2D eigenvalue weighted by molar-refractivity contribution is 14.0. The molecule has 1 unspecified atom stereocenters. The highest BCUT2D eigenvalue weighted by Crippen LogP contribution is 2.31. The number of halogens is 2. The highest BCUT2D eigenvalue weighted by Gasteiger charge is 2.34. The predicted molar refractivity (Wildman–Crippen MR) is 126 cm³/mol. The number of rotatable bonds is 8. The Balaban J connectivity index is 0.00000300. The molecule has 0 bridgehead atoms. The van der Waals surface area contributed by atoms with Crippen molar-refractivity contribution < 1.29 is 12.8 Å². The van der Waals surface area contributed by atoms with Gasteiger partial charge in [-0.3, -0.25) is 0 Å². The van der Waals surface area contributed by atoms with Gasteiger partial charge < -0.3 is 15.5 Å². The quantitative estimate of drug-likeness (QED) is 0.303. The van der Waals surface area contributed by atoms with E-state index in [1.54, 1.807) is 0 Å². The maximum atomic E-state index is 13.7. The molecule has 3 rings (SSSR count). The van der Waals surface area contributed by atoms with Gasteiger partial charge in [-0.1, -0.05) is 6.07 Å². The van der Waals surface area contributed by atoms with E-state index in [0.29, 0.717) is 23.0 Å². The lowest BCUT2D eigenvalue weighted by molar-refractivity contribution is 0.314. The van der Waals surface area contributed by atoms with Crippen LogP contribution >= 0.6 is 24.0 Å². The van der Waals surface area contributed by atoms with Gasteiger partial charge in [0.25, 0.3) is 0 Å². The first kappa shape index (κ1) is 24.3. The molecule has 164 valence electrons. The Labute approximate surface area is 190 Å². The molecule has 9 heteroatoms. The number of guanidine groups is 1. The summed E-state index contributed by atoms with van der Waals surface area (Å²) in [6.07, 6.45) is 5.06. The first-order valence-corrected chi connectivity index (χ1v) is 12.1. The zero-order chi connectivity index (χ0) is 20.1. The number of benzene rings is 1. The van der Waals surface area contributed by atoms with Crippen LogP contribution in [0.3, 0.4) is 0 Å². The molecule has 1 heterocycles. The molecule has 1 atom stereocenters. The molecule has 1 saturated heterocycles. The number of hydrogen-bond acceptors (Lipinski definition) is 4. The highest BCUT2D eigenvalue weighted by atomic mass is 127. The van der Waals surface area contributed by atoms with E-state index < -0.39 is 9.84 Å². The molecule has 1 aromatic rings. The van der Waals surface area contributed by atoms with Gasteiger partial charge in [0.15, 0.2) is 15.8 Å². The van der Waals surface area contributed by atoms with Crippen molar-refractivity contribution in [2.45, 2.75) is 44.5 Å². The van der Waals surface area contributed by atoms with E-state index in [9.17, 15) is 12.8 Å². The maximum absolute atomic E-state index is 13.7. The molecule has 1 saturated carbocycles. The van der Waals surface area contributed by atoms with E-state index in [4.69, 9.17) is 0 Å². The number of likely N-dealkylation sites (tertiary alicyclic amines) is 1. The first-order valence-electron chi connectivity index (χ1n) is 10.1. The van der Waals surface area contributed by atoms with E-state index in [-0.39, 0.29) is 42.1 Å². The zero-order valence-corrected chi connectivity index (χ0v) is 20.3. The third-order valence-corrected chi connectivity index (χ3v) is 6.11. The van der Waals surface area contributed by atoms with Crippen LogP contribution in [0.2, 0.25) is 0 Å². The molecule has 1 aliphatic carbocycles. The lowest BCUT2D eigenvalue weighted by Gasteiger charge is -2.17. The van der Waals surface area contributed by atoms with E-state index in [0.717, 1.165) is 25.7 Å². The lowest BCUT2D eigenvalue weighted by Crippen LogP contribution is -2.40. The third-order valence-electron chi connectivity index (χ3n) is 5.28. The molecule has 2 fully saturated rings. The fourth-order valence-corrected chi connectivity index (χ4v) is 4.56. The molecular weight excluding hydrogens is 506 g/mol. The summed E-state index contributed by atoms with van der Waals surface area (Å²) in [5.41, 5.74) is 1.20. The number of nitrogens with zero attached hydrogens (tertiary/aromatic N) is 2. The van der Waals surface area contributed by atoms with Gasteiger partial charge >= 0.3 is 0 Å². The van der Waals surface area contributed by atoms with E-state index in [1.807, 2.05) is 6.92 Å². The molecular formula is C20H32FIN4O2S. The third kappa shape index (κ3) is 8.01. The van der Waals surface area contributed by atoms with Gasteiger partial charge in [0, 0.05) is 31.9 Å². The van der Waals surface area contributed by atoms with Crippen molar-refractivity contribution in [1.82, 2.24) is 15.5 Å². The van der Waals surface area contributed by atoms with Crippen LogP contribution in [-0.4, -0.2) is 57.8 Å². The second kappa shape index (κ2) is 10.9. The van der Waals surface area contributed by atoms with Crippen LogP contribution < -0.4 is 10.6 Å². The largest absolute Gasteiger partial charge is 0.357 e. The Bertz CT molecular complexity index is 815. The second-order valence-corrected chi connectivity index (χ2v) is 10.1. The van der Waals surface area contributed by atoms with Crippen LogP contribution in [0.25, 0.3) is 0 Å². The summed E-state index contributed by atoms with van der Waals surface area (Å²) >= 11 is 0. The number of hydrogen-bond donors (Lipinski definition) is 2. The molecule has 6 nitrogen and oxygen atoms in total. The van der Waals surface area contributed by atoms with Crippen LogP contribution in [0, 0.1) is 11.7 Å². The molecule has 0 radical (unpaired) electrons. The van der Waals surface area contributed by atoms with Crippen molar-refractivity contribution in [2.75, 3.05) is 32.4 Å². The Hall–Kier alpha value is -0.940. The minimum Gasteiger partial charge on any atom is -0.357 e. The van der Waals surface area contributed by atoms with Crippen molar-refractivity contribution in [3.05, 3.63) is 35.1 Å². The van der Waals surface area contributed by atoms with Gasteiger partial charge in [-0.2, -0.15) is 0 Å². The van der Waals surface area contributed by atoms with Crippen LogP contribution in [0.4, 0.5) is 4.39 Å². The van der Waals surface area contributed by atoms with E-state index in [1.165, 1.54) is 50.3 Å². The van der Waals surface area contributed by atoms with Crippen molar-refractivity contribution >= 4 is 39.8 Å². The van der Waals surface area contributed by atoms with Crippen molar-refractivity contribution in [3.8, 4) is 0 Å². The average Bonchev–Trinajstić information content (AvgIpc) is 3.37. The van der Waals surface area contributed by atoms with Crippen molar-refractivity contribution in [3.63, 3.8) is 0 Å². The predicted octanol–water partition coefficient (Wildman–Crippen LogP) is 2.53. The molecule has 1 aromatic carbocycles. The molecule has 0 aromatic heterocycles. The minimum atomic E-state index is -3.20. The SMILES string of the molecule is CCNC(=NCc1cc(F)ccc1CS(C)(=O)=O)NCC1CCN(C2CC2)C1.I. The average molecular weight is 538 g/mol. The summed E-state index contributed by atoms with van der Waals surface area (Å²) in [5.74, 6) is 0.800. The molecule has 2 N–H and O–H groups in total. The molecule has 29 heavy (non-hydrogen) atoms. The zero-order valence-electron chi connectivity index (χ0n) is 17.2. The van der Waals surface area contributed by atoms with Gasteiger partial charge in [-0.15, -0.1) is 24.0 Å². The monoisotopic (exact) mass is 538 g/mol. The second-order valence-electron chi connectivity index (χ2n) is 7.94. The normalized spacial score (nSPS) is 20.4. The Morgan fingerprint density at radius 3 is 2.66 bits per heavy atom. The first-order chi connectivity index (χ1) is 13.3. The standard InChI is InChI=1S/C20H31FN4O2S.HI/c1-3-22-20(23-11-15-8-9-25(13-15)19-6-7-19)24-12-17-10-18(21)5-4-16(17)14-28(2,26)27;/h4-5,10,15,19H,3,6-9,11-14H2,1-2H3,(H2,22,23,24);1H. The molecule has 0 spiro atoms. The smallest absolute Gasteiger partial charge is 0.191 e. The number of aliphatic imine (C=N–C) groups is 1. The Morgan fingerprint density at radius 2 is 2.00 bits per heavy atom. The van der Waals surface area contributed by atoms with Crippen LogP contribution in [0.5, 0.6) is 0 Å². The summed E-state index contributed by atoms with van der Waals surface area (Å²) in [4.78, 5) is 7.15. The Morgan fingerprint density at radius 1 is 1.24 bits per heavy atom. The number of sulfone groups is 1. The summed E-state index contributed by atoms with van der Waals surface area (Å²) in [6, 6.07) is 5.02. The van der Waals surface area contributed by atoms with Gasteiger partial charge in [0.05, 0.1) is 12.3 Å². The topological polar surface area (TPSA) is 73.8 Å². The minimum absolute atomic E-state index is 0. The van der Waals surface area contributed by atoms with E-state index in [2.05, 4.69) is 20.5 Å². The summed E-state index contributed by atoms with van der Waals surface area (Å²) < 4.78 is 37.0. The summed E-state index contributed by atoms with van der Waals surface area (Å²) in [5, 5.41) is 6.61. The maximum Gasteiger partial charge on any atom is 0.191 e. The molecule has 0 amide bonds. The van der Waals surface area contributed by atoms with Crippen LogP contribution in [0.1, 0.15) is 37.3 Å². The van der Waals surface area contributed by atoms with Gasteiger partial charge in [-0.25, -0.2) is 17.8 Å². The Kier molecular flexibility index (Phi) is 9.15. The van der Waals surface area contributed by atoms with E-state index >= 15 is 0 Å². The van der Waals surface area contributed by atoms with Gasteiger partial charge in [0.1, 0.15) is 5.82 Å². The summed E-state index contributed by atoms with van der Waals surface area (Å²) in [6.45, 7) is 6.14.